The second-order valence-corrected chi connectivity index (χ2v) is 4.56. The van der Waals surface area contributed by atoms with Crippen LogP contribution < -0.4 is 0 Å². The largest absolute Gasteiger partial charge is 0.446 e. The molecule has 1 aliphatic rings. The molecule has 2 aromatic rings. The number of carbonyl (C=O) groups excluding carboxylic acids is 2. The molecule has 0 unspecified atom stereocenters. The first kappa shape index (κ1) is 9.77. The molecule has 1 heterocycles. The Bertz CT molecular complexity index is 572. The van der Waals surface area contributed by atoms with Gasteiger partial charge in [0, 0.05) is 17.2 Å². The number of fused-ring (bicyclic) bond motifs is 2. The first-order chi connectivity index (χ1) is 7.68. The second kappa shape index (κ2) is 3.28. The maximum Gasteiger partial charge on any atom is 0.229 e. The lowest BCUT2D eigenvalue weighted by molar-refractivity contribution is 0.0959. The van der Waals surface area contributed by atoms with Crippen molar-refractivity contribution in [3.63, 3.8) is 0 Å². The molecule has 0 radical (unpaired) electrons. The van der Waals surface area contributed by atoms with Gasteiger partial charge in [0.05, 0.1) is 5.56 Å². The quantitative estimate of drug-likeness (QED) is 0.597. The fourth-order valence-corrected chi connectivity index (χ4v) is 2.38. The van der Waals surface area contributed by atoms with Gasteiger partial charge in [-0.2, -0.15) is 0 Å². The molecule has 0 spiro atoms. The van der Waals surface area contributed by atoms with Gasteiger partial charge in [-0.05, 0) is 22.6 Å². The molecule has 3 rings (SSSR count). The van der Waals surface area contributed by atoms with E-state index in [9.17, 15) is 9.59 Å². The zero-order valence-corrected chi connectivity index (χ0v) is 10.1. The Balaban J connectivity index is 2.34. The van der Waals surface area contributed by atoms with E-state index in [0.717, 1.165) is 0 Å². The van der Waals surface area contributed by atoms with Gasteiger partial charge in [-0.3, -0.25) is 9.59 Å². The minimum atomic E-state index is -0.215. The molecule has 1 aromatic heterocycles. The molecule has 0 atom stereocenters. The van der Waals surface area contributed by atoms with Crippen LogP contribution in [0.2, 0.25) is 0 Å². The molecule has 78 valence electrons. The number of rotatable bonds is 0. The molecule has 4 heteroatoms. The van der Waals surface area contributed by atoms with E-state index in [1.165, 1.54) is 0 Å². The lowest BCUT2D eigenvalue weighted by Gasteiger charge is -2.11. The zero-order valence-electron chi connectivity index (χ0n) is 7.99. The van der Waals surface area contributed by atoms with Gasteiger partial charge in [-0.1, -0.05) is 24.3 Å². The predicted octanol–water partition coefficient (Wildman–Crippen LogP) is 2.66. The van der Waals surface area contributed by atoms with Crippen LogP contribution in [0, 0.1) is 3.77 Å². The van der Waals surface area contributed by atoms with E-state index in [1.54, 1.807) is 30.3 Å². The number of halogens is 1. The molecule has 0 fully saturated rings. The van der Waals surface area contributed by atoms with Crippen LogP contribution in [-0.4, -0.2) is 11.6 Å². The van der Waals surface area contributed by atoms with Crippen LogP contribution in [0.5, 0.6) is 0 Å². The standard InChI is InChI=1S/C12H5IO3/c13-9-5-8-10(14)6-3-1-2-4-7(6)11(15)12(8)16-9/h1-5H. The lowest BCUT2D eigenvalue weighted by Crippen LogP contribution is -2.18. The zero-order chi connectivity index (χ0) is 11.3. The summed E-state index contributed by atoms with van der Waals surface area (Å²) in [6, 6.07) is 8.40. The first-order valence-electron chi connectivity index (χ1n) is 4.66. The Kier molecular flexibility index (Phi) is 2.00. The molecule has 0 bridgehead atoms. The van der Waals surface area contributed by atoms with Crippen LogP contribution in [0.1, 0.15) is 32.0 Å². The van der Waals surface area contributed by atoms with E-state index in [1.807, 2.05) is 22.6 Å². The second-order valence-electron chi connectivity index (χ2n) is 3.50. The highest BCUT2D eigenvalue weighted by atomic mass is 127. The van der Waals surface area contributed by atoms with E-state index in [2.05, 4.69) is 0 Å². The summed E-state index contributed by atoms with van der Waals surface area (Å²) in [7, 11) is 0. The summed E-state index contributed by atoms with van der Waals surface area (Å²) < 4.78 is 5.81. The van der Waals surface area contributed by atoms with Gasteiger partial charge in [-0.25, -0.2) is 0 Å². The molecule has 1 aromatic carbocycles. The molecule has 0 saturated carbocycles. The average Bonchev–Trinajstić information content (AvgIpc) is 2.68. The van der Waals surface area contributed by atoms with Crippen molar-refractivity contribution in [3.05, 3.63) is 56.5 Å². The van der Waals surface area contributed by atoms with Crippen molar-refractivity contribution in [1.29, 1.82) is 0 Å². The molecule has 3 nitrogen and oxygen atoms in total. The Morgan fingerprint density at radius 3 is 2.25 bits per heavy atom. The monoisotopic (exact) mass is 324 g/mol. The van der Waals surface area contributed by atoms with Gasteiger partial charge in [0.15, 0.2) is 15.3 Å². The summed E-state index contributed by atoms with van der Waals surface area (Å²) in [5, 5.41) is 0. The third kappa shape index (κ3) is 1.19. The Labute approximate surface area is 105 Å². The van der Waals surface area contributed by atoms with Gasteiger partial charge in [-0.15, -0.1) is 0 Å². The van der Waals surface area contributed by atoms with Gasteiger partial charge >= 0.3 is 0 Å². The molecule has 1 aliphatic carbocycles. The maximum absolute atomic E-state index is 12.1. The van der Waals surface area contributed by atoms with E-state index >= 15 is 0 Å². The van der Waals surface area contributed by atoms with Crippen molar-refractivity contribution in [2.45, 2.75) is 0 Å². The van der Waals surface area contributed by atoms with Gasteiger partial charge in [0.1, 0.15) is 0 Å². The third-order valence-corrected chi connectivity index (χ3v) is 3.10. The van der Waals surface area contributed by atoms with Crippen LogP contribution in [0.4, 0.5) is 0 Å². The first-order valence-corrected chi connectivity index (χ1v) is 5.74. The Morgan fingerprint density at radius 1 is 0.938 bits per heavy atom. The summed E-state index contributed by atoms with van der Waals surface area (Å²) in [6.45, 7) is 0. The average molecular weight is 324 g/mol. The van der Waals surface area contributed by atoms with Crippen LogP contribution in [0.3, 0.4) is 0 Å². The summed E-state index contributed by atoms with van der Waals surface area (Å²) in [6.07, 6.45) is 0. The molecule has 16 heavy (non-hydrogen) atoms. The Morgan fingerprint density at radius 2 is 1.56 bits per heavy atom. The van der Waals surface area contributed by atoms with Crippen LogP contribution >= 0.6 is 22.6 Å². The fourth-order valence-electron chi connectivity index (χ4n) is 1.84. The van der Waals surface area contributed by atoms with Crippen molar-refractivity contribution in [3.8, 4) is 0 Å². The fraction of sp³-hybridized carbons (Fsp3) is 0. The van der Waals surface area contributed by atoms with Crippen LogP contribution in [-0.2, 0) is 0 Å². The molecular formula is C12H5IO3. The van der Waals surface area contributed by atoms with Crippen molar-refractivity contribution < 1.29 is 14.0 Å². The van der Waals surface area contributed by atoms with Crippen molar-refractivity contribution in [1.82, 2.24) is 0 Å². The molecular weight excluding hydrogens is 319 g/mol. The van der Waals surface area contributed by atoms with Crippen molar-refractivity contribution in [2.75, 3.05) is 0 Å². The van der Waals surface area contributed by atoms with Gasteiger partial charge in [0.2, 0.25) is 5.78 Å². The topological polar surface area (TPSA) is 47.3 Å². The molecule has 0 N–H and O–H groups in total. The molecule has 0 amide bonds. The number of hydrogen-bond acceptors (Lipinski definition) is 3. The summed E-state index contributed by atoms with van der Waals surface area (Å²) in [5.74, 6) is -0.196. The maximum atomic E-state index is 12.1. The SMILES string of the molecule is O=C1c2ccccc2C(=O)c2oc(I)cc21. The van der Waals surface area contributed by atoms with E-state index in [0.29, 0.717) is 20.5 Å². The highest BCUT2D eigenvalue weighted by molar-refractivity contribution is 14.1. The number of hydrogen-bond donors (Lipinski definition) is 0. The smallest absolute Gasteiger partial charge is 0.229 e. The number of ketones is 2. The number of carbonyl (C=O) groups is 2. The van der Waals surface area contributed by atoms with E-state index in [-0.39, 0.29) is 17.3 Å². The normalized spacial score (nSPS) is 13.6. The minimum absolute atomic E-state index is 0.142. The van der Waals surface area contributed by atoms with Crippen molar-refractivity contribution in [2.24, 2.45) is 0 Å². The highest BCUT2D eigenvalue weighted by Crippen LogP contribution is 2.29. The predicted molar refractivity (Wildman–Crippen MR) is 64.7 cm³/mol. The third-order valence-electron chi connectivity index (χ3n) is 2.57. The molecule has 0 saturated heterocycles. The minimum Gasteiger partial charge on any atom is -0.446 e. The van der Waals surface area contributed by atoms with Crippen LogP contribution in [0.15, 0.2) is 34.7 Å². The highest BCUT2D eigenvalue weighted by Gasteiger charge is 2.32. The number of benzene rings is 1. The number of furan rings is 1. The van der Waals surface area contributed by atoms with Crippen LogP contribution in [0.25, 0.3) is 0 Å². The van der Waals surface area contributed by atoms with Crippen molar-refractivity contribution >= 4 is 34.2 Å². The van der Waals surface area contributed by atoms with E-state index in [4.69, 9.17) is 4.42 Å². The Hall–Kier alpha value is -1.43. The summed E-state index contributed by atoms with van der Waals surface area (Å²) in [4.78, 5) is 24.1. The molecule has 0 aliphatic heterocycles. The summed E-state index contributed by atoms with van der Waals surface area (Å²) >= 11 is 1.95. The summed E-state index contributed by atoms with van der Waals surface area (Å²) in [5.41, 5.74) is 1.25. The van der Waals surface area contributed by atoms with Gasteiger partial charge in [0.25, 0.3) is 0 Å². The van der Waals surface area contributed by atoms with Gasteiger partial charge < -0.3 is 4.42 Å². The lowest BCUT2D eigenvalue weighted by atomic mass is 9.89. The van der Waals surface area contributed by atoms with E-state index < -0.39 is 0 Å².